The zero-order valence-electron chi connectivity index (χ0n) is 16.4. The summed E-state index contributed by atoms with van der Waals surface area (Å²) in [6.45, 7) is 0.764. The minimum atomic E-state index is -0.0491. The summed E-state index contributed by atoms with van der Waals surface area (Å²) in [5.74, 6) is 0.915. The predicted molar refractivity (Wildman–Crippen MR) is 121 cm³/mol. The SMILES string of the molecule is O=C(CCc1nc(-c2ccsc2)no1)N(Cc1ccc(Cl)c(Cl)c1)Cc1ccccn1. The molecule has 1 aromatic carbocycles. The maximum atomic E-state index is 13.1. The van der Waals surface area contributed by atoms with Crippen molar-refractivity contribution in [1.82, 2.24) is 20.0 Å². The topological polar surface area (TPSA) is 72.1 Å². The van der Waals surface area contributed by atoms with Crippen LogP contribution in [0.4, 0.5) is 0 Å². The van der Waals surface area contributed by atoms with Crippen LogP contribution < -0.4 is 0 Å². The highest BCUT2D eigenvalue weighted by molar-refractivity contribution is 7.08. The summed E-state index contributed by atoms with van der Waals surface area (Å²) in [6.07, 6.45) is 2.30. The minimum absolute atomic E-state index is 0.0491. The average Bonchev–Trinajstić information content (AvgIpc) is 3.47. The van der Waals surface area contributed by atoms with Gasteiger partial charge in [0.05, 0.1) is 22.3 Å². The standard InChI is InChI=1S/C22H18Cl2N4O2S/c23-18-5-4-15(11-19(18)24)12-28(13-17-3-1-2-9-25-17)21(29)7-6-20-26-22(27-30-20)16-8-10-31-14-16/h1-5,8-11,14H,6-7,12-13H2. The summed E-state index contributed by atoms with van der Waals surface area (Å²) in [7, 11) is 0. The van der Waals surface area contributed by atoms with Gasteiger partial charge in [0.1, 0.15) is 0 Å². The highest BCUT2D eigenvalue weighted by Gasteiger charge is 2.18. The van der Waals surface area contributed by atoms with Crippen LogP contribution in [0.15, 0.2) is 63.9 Å². The second-order valence-electron chi connectivity index (χ2n) is 6.84. The molecular weight excluding hydrogens is 455 g/mol. The predicted octanol–water partition coefficient (Wildman–Crippen LogP) is 5.66. The van der Waals surface area contributed by atoms with Crippen LogP contribution in [-0.2, 0) is 24.3 Å². The molecule has 0 N–H and O–H groups in total. The van der Waals surface area contributed by atoms with Crippen molar-refractivity contribution < 1.29 is 9.32 Å². The number of benzene rings is 1. The third-order valence-corrected chi connectivity index (χ3v) is 6.01. The van der Waals surface area contributed by atoms with Crippen LogP contribution in [0, 0.1) is 0 Å². The number of halogens is 2. The molecule has 0 aliphatic heterocycles. The van der Waals surface area contributed by atoms with Gasteiger partial charge in [0.25, 0.3) is 0 Å². The first kappa shape index (κ1) is 21.5. The number of pyridine rings is 1. The van der Waals surface area contributed by atoms with Crippen molar-refractivity contribution in [2.45, 2.75) is 25.9 Å². The van der Waals surface area contributed by atoms with Gasteiger partial charge in [-0.2, -0.15) is 16.3 Å². The summed E-state index contributed by atoms with van der Waals surface area (Å²) in [5.41, 5.74) is 2.59. The number of rotatable bonds is 8. The van der Waals surface area contributed by atoms with Crippen LogP contribution >= 0.6 is 34.5 Å². The van der Waals surface area contributed by atoms with Crippen LogP contribution in [0.5, 0.6) is 0 Å². The van der Waals surface area contributed by atoms with Crippen LogP contribution in [0.1, 0.15) is 23.6 Å². The van der Waals surface area contributed by atoms with Gasteiger partial charge in [-0.05, 0) is 41.3 Å². The van der Waals surface area contributed by atoms with E-state index >= 15 is 0 Å². The Kier molecular flexibility index (Phi) is 6.96. The van der Waals surface area contributed by atoms with Crippen LogP contribution in [-0.4, -0.2) is 25.9 Å². The van der Waals surface area contributed by atoms with Crippen molar-refractivity contribution in [2.24, 2.45) is 0 Å². The summed E-state index contributed by atoms with van der Waals surface area (Å²) in [6, 6.07) is 12.9. The summed E-state index contributed by atoms with van der Waals surface area (Å²) in [4.78, 5) is 23.5. The van der Waals surface area contributed by atoms with E-state index in [1.807, 2.05) is 41.1 Å². The Bertz CT molecular complexity index is 1150. The number of thiophene rings is 1. The third kappa shape index (κ3) is 5.70. The van der Waals surface area contributed by atoms with E-state index in [0.717, 1.165) is 16.8 Å². The first-order valence-corrected chi connectivity index (χ1v) is 11.2. The molecule has 0 saturated carbocycles. The Morgan fingerprint density at radius 1 is 1.10 bits per heavy atom. The zero-order chi connectivity index (χ0) is 21.6. The molecule has 0 saturated heterocycles. The van der Waals surface area contributed by atoms with Gasteiger partial charge in [0.2, 0.25) is 17.6 Å². The molecule has 9 heteroatoms. The van der Waals surface area contributed by atoms with E-state index in [2.05, 4.69) is 15.1 Å². The van der Waals surface area contributed by atoms with E-state index in [9.17, 15) is 4.79 Å². The molecular formula is C22H18Cl2N4O2S. The van der Waals surface area contributed by atoms with Crippen LogP contribution in [0.3, 0.4) is 0 Å². The normalized spacial score (nSPS) is 10.9. The molecule has 0 atom stereocenters. The Morgan fingerprint density at radius 3 is 2.74 bits per heavy atom. The molecule has 0 unspecified atom stereocenters. The summed E-state index contributed by atoms with van der Waals surface area (Å²) in [5, 5.41) is 8.83. The van der Waals surface area contributed by atoms with Gasteiger partial charge in [0.15, 0.2) is 0 Å². The van der Waals surface area contributed by atoms with Crippen LogP contribution in [0.2, 0.25) is 10.0 Å². The molecule has 3 aromatic heterocycles. The van der Waals surface area contributed by atoms with Gasteiger partial charge in [-0.1, -0.05) is 40.5 Å². The fourth-order valence-corrected chi connectivity index (χ4v) is 3.97. The van der Waals surface area contributed by atoms with E-state index in [4.69, 9.17) is 27.7 Å². The number of amides is 1. The van der Waals surface area contributed by atoms with Gasteiger partial charge in [-0.3, -0.25) is 9.78 Å². The summed E-state index contributed by atoms with van der Waals surface area (Å²) < 4.78 is 5.31. The number of carbonyl (C=O) groups is 1. The number of aromatic nitrogens is 3. The molecule has 31 heavy (non-hydrogen) atoms. The molecule has 0 bridgehead atoms. The summed E-state index contributed by atoms with van der Waals surface area (Å²) >= 11 is 13.7. The fourth-order valence-electron chi connectivity index (χ4n) is 3.02. The Balaban J connectivity index is 1.45. The fraction of sp³-hybridized carbons (Fsp3) is 0.182. The zero-order valence-corrected chi connectivity index (χ0v) is 18.7. The molecule has 0 fully saturated rings. The Hall–Kier alpha value is -2.74. The van der Waals surface area contributed by atoms with Crippen molar-refractivity contribution in [1.29, 1.82) is 0 Å². The van der Waals surface area contributed by atoms with Gasteiger partial charge in [-0.25, -0.2) is 0 Å². The lowest BCUT2D eigenvalue weighted by Crippen LogP contribution is -2.30. The highest BCUT2D eigenvalue weighted by atomic mass is 35.5. The van der Waals surface area contributed by atoms with Gasteiger partial charge >= 0.3 is 0 Å². The van der Waals surface area contributed by atoms with Crippen molar-refractivity contribution >= 4 is 40.4 Å². The maximum Gasteiger partial charge on any atom is 0.227 e. The Labute approximate surface area is 193 Å². The van der Waals surface area contributed by atoms with Gasteiger partial charge in [-0.15, -0.1) is 0 Å². The average molecular weight is 473 g/mol. The second-order valence-corrected chi connectivity index (χ2v) is 8.44. The molecule has 4 rings (SSSR count). The lowest BCUT2D eigenvalue weighted by molar-refractivity contribution is -0.132. The molecule has 158 valence electrons. The molecule has 0 aliphatic carbocycles. The first-order valence-electron chi connectivity index (χ1n) is 9.55. The van der Waals surface area contributed by atoms with E-state index in [1.165, 1.54) is 0 Å². The number of hydrogen-bond donors (Lipinski definition) is 0. The van der Waals surface area contributed by atoms with E-state index < -0.39 is 0 Å². The molecule has 6 nitrogen and oxygen atoms in total. The molecule has 0 radical (unpaired) electrons. The third-order valence-electron chi connectivity index (χ3n) is 4.59. The Morgan fingerprint density at radius 2 is 2.00 bits per heavy atom. The number of nitrogens with zero attached hydrogens (tertiary/aromatic N) is 4. The highest BCUT2D eigenvalue weighted by Crippen LogP contribution is 2.24. The number of hydrogen-bond acceptors (Lipinski definition) is 6. The largest absolute Gasteiger partial charge is 0.339 e. The molecule has 0 spiro atoms. The molecule has 1 amide bonds. The lowest BCUT2D eigenvalue weighted by Gasteiger charge is -2.22. The minimum Gasteiger partial charge on any atom is -0.339 e. The molecule has 0 aliphatic rings. The number of carbonyl (C=O) groups excluding carboxylic acids is 1. The van der Waals surface area contributed by atoms with Gasteiger partial charge < -0.3 is 9.42 Å². The quantitative estimate of drug-likeness (QED) is 0.330. The monoisotopic (exact) mass is 472 g/mol. The molecule has 3 heterocycles. The lowest BCUT2D eigenvalue weighted by atomic mass is 10.2. The van der Waals surface area contributed by atoms with Crippen molar-refractivity contribution in [3.8, 4) is 11.4 Å². The van der Waals surface area contributed by atoms with Crippen molar-refractivity contribution in [2.75, 3.05) is 0 Å². The van der Waals surface area contributed by atoms with E-state index in [1.54, 1.807) is 34.6 Å². The first-order chi connectivity index (χ1) is 15.1. The second kappa shape index (κ2) is 10.0. The van der Waals surface area contributed by atoms with E-state index in [0.29, 0.717) is 41.3 Å². The molecule has 4 aromatic rings. The smallest absolute Gasteiger partial charge is 0.227 e. The van der Waals surface area contributed by atoms with Gasteiger partial charge in [0, 0.05) is 36.5 Å². The van der Waals surface area contributed by atoms with Crippen LogP contribution in [0.25, 0.3) is 11.4 Å². The maximum absolute atomic E-state index is 13.1. The van der Waals surface area contributed by atoms with E-state index in [-0.39, 0.29) is 12.3 Å². The van der Waals surface area contributed by atoms with Crippen molar-refractivity contribution in [3.63, 3.8) is 0 Å². The number of aryl methyl sites for hydroxylation is 1. The van der Waals surface area contributed by atoms with Crippen molar-refractivity contribution in [3.05, 3.63) is 86.6 Å².